The van der Waals surface area contributed by atoms with E-state index in [9.17, 15) is 18.1 Å². The molecule has 0 fully saturated rings. The molecule has 31 heavy (non-hydrogen) atoms. The van der Waals surface area contributed by atoms with Gasteiger partial charge in [-0.25, -0.2) is 17.1 Å². The summed E-state index contributed by atoms with van der Waals surface area (Å²) in [5.74, 6) is -0.364. The first-order valence-electron chi connectivity index (χ1n) is 9.31. The third kappa shape index (κ3) is 4.65. The lowest BCUT2D eigenvalue weighted by molar-refractivity contribution is 0.521. The Kier molecular flexibility index (Phi) is 7.63. The largest absolute Gasteiger partial charge is 0.337 e. The summed E-state index contributed by atoms with van der Waals surface area (Å²) in [6.45, 7) is 1.95. The number of sulfonamides is 1. The van der Waals surface area contributed by atoms with Crippen LogP contribution in [0.15, 0.2) is 59.3 Å². The molecule has 0 amide bonds. The molecule has 0 radical (unpaired) electrons. The number of benzene rings is 2. The summed E-state index contributed by atoms with van der Waals surface area (Å²) in [4.78, 5) is 0.163. The zero-order valence-electron chi connectivity index (χ0n) is 17.5. The van der Waals surface area contributed by atoms with Gasteiger partial charge in [0.15, 0.2) is 0 Å². The van der Waals surface area contributed by atoms with Crippen LogP contribution in [0.5, 0.6) is 0 Å². The van der Waals surface area contributed by atoms with Gasteiger partial charge < -0.3 is 10.3 Å². The van der Waals surface area contributed by atoms with Crippen LogP contribution < -0.4 is 5.73 Å². The lowest BCUT2D eigenvalue weighted by Crippen LogP contribution is -2.22. The highest BCUT2D eigenvalue weighted by Gasteiger charge is 2.21. The quantitative estimate of drug-likeness (QED) is 0.599. The van der Waals surface area contributed by atoms with Crippen LogP contribution in [0.2, 0.25) is 0 Å². The molecule has 1 aromatic heterocycles. The van der Waals surface area contributed by atoms with E-state index in [0.717, 1.165) is 26.5 Å². The molecule has 0 saturated heterocycles. The van der Waals surface area contributed by atoms with Gasteiger partial charge in [-0.15, -0.1) is 12.4 Å². The fraction of sp³-hybridized carbons (Fsp3) is 0.227. The Morgan fingerprint density at radius 2 is 1.97 bits per heavy atom. The van der Waals surface area contributed by atoms with Gasteiger partial charge in [-0.1, -0.05) is 12.1 Å². The van der Waals surface area contributed by atoms with E-state index in [1.165, 1.54) is 26.2 Å². The second-order valence-electron chi connectivity index (χ2n) is 7.09. The van der Waals surface area contributed by atoms with Crippen LogP contribution in [-0.2, 0) is 16.6 Å². The van der Waals surface area contributed by atoms with Crippen molar-refractivity contribution in [3.8, 4) is 17.2 Å². The van der Waals surface area contributed by atoms with Gasteiger partial charge in [-0.2, -0.15) is 5.26 Å². The first-order valence-corrected chi connectivity index (χ1v) is 10.7. The van der Waals surface area contributed by atoms with Gasteiger partial charge in [-0.05, 0) is 48.9 Å². The van der Waals surface area contributed by atoms with Gasteiger partial charge in [0.25, 0.3) is 0 Å². The molecule has 0 aliphatic carbocycles. The van der Waals surface area contributed by atoms with E-state index in [2.05, 4.69) is 6.07 Å². The number of allylic oxidation sites excluding steroid dienone is 1. The van der Waals surface area contributed by atoms with Gasteiger partial charge in [0, 0.05) is 42.8 Å². The highest BCUT2D eigenvalue weighted by Crippen LogP contribution is 2.36. The predicted octanol–water partition coefficient (Wildman–Crippen LogP) is 3.97. The molecule has 1 heterocycles. The number of hydrogen-bond donors (Lipinski definition) is 1. The topological polar surface area (TPSA) is 92.1 Å². The SMILES string of the molecule is Cc1c(-c2cccc(S(=O)(=O)N(C)C)c2)c2cc(C#N)ccc2n1C/C(F)=C/CN.Cl. The van der Waals surface area contributed by atoms with Crippen LogP contribution in [0.3, 0.4) is 0 Å². The zero-order chi connectivity index (χ0) is 22.1. The molecule has 0 aliphatic heterocycles. The number of hydrogen-bond acceptors (Lipinski definition) is 4. The fourth-order valence-corrected chi connectivity index (χ4v) is 4.43. The van der Waals surface area contributed by atoms with Crippen molar-refractivity contribution < 1.29 is 12.8 Å². The molecule has 0 saturated carbocycles. The molecule has 0 aliphatic rings. The van der Waals surface area contributed by atoms with Gasteiger partial charge in [-0.3, -0.25) is 0 Å². The zero-order valence-corrected chi connectivity index (χ0v) is 19.1. The number of nitrogens with zero attached hydrogens (tertiary/aromatic N) is 3. The number of aromatic nitrogens is 1. The number of rotatable bonds is 6. The first kappa shape index (κ1) is 24.6. The Morgan fingerprint density at radius 1 is 1.26 bits per heavy atom. The molecule has 6 nitrogen and oxygen atoms in total. The summed E-state index contributed by atoms with van der Waals surface area (Å²) in [5.41, 5.74) is 8.85. The minimum Gasteiger partial charge on any atom is -0.337 e. The Hall–Kier alpha value is -2.70. The standard InChI is InChI=1S/C22H23FN4O2S.ClH/c1-15-22(17-5-4-6-19(12-17)30(28,29)26(2)3)20-11-16(13-25)7-8-21(20)27(15)14-18(23)9-10-24;/h4-9,11-12H,10,14,24H2,1-3H3;1H/b18-9-;. The Bertz CT molecular complexity index is 1290. The van der Waals surface area contributed by atoms with Gasteiger partial charge in [0.1, 0.15) is 5.83 Å². The third-order valence-corrected chi connectivity index (χ3v) is 6.81. The summed E-state index contributed by atoms with van der Waals surface area (Å²) in [7, 11) is -0.661. The van der Waals surface area contributed by atoms with Gasteiger partial charge in [0.2, 0.25) is 10.0 Å². The second kappa shape index (κ2) is 9.62. The maximum atomic E-state index is 14.3. The minimum absolute atomic E-state index is 0. The number of nitriles is 1. The van der Waals surface area contributed by atoms with Crippen molar-refractivity contribution in [1.82, 2.24) is 8.87 Å². The summed E-state index contributed by atoms with van der Waals surface area (Å²) in [6.07, 6.45) is 1.32. The molecule has 0 atom stereocenters. The van der Waals surface area contributed by atoms with Crippen molar-refractivity contribution in [2.24, 2.45) is 5.73 Å². The van der Waals surface area contributed by atoms with Crippen molar-refractivity contribution in [3.63, 3.8) is 0 Å². The van der Waals surface area contributed by atoms with Crippen molar-refractivity contribution in [3.05, 3.63) is 65.6 Å². The molecule has 0 bridgehead atoms. The number of nitrogens with two attached hydrogens (primary N) is 1. The van der Waals surface area contributed by atoms with E-state index in [4.69, 9.17) is 5.73 Å². The van der Waals surface area contributed by atoms with E-state index < -0.39 is 10.0 Å². The van der Waals surface area contributed by atoms with Crippen LogP contribution in [0.4, 0.5) is 4.39 Å². The Morgan fingerprint density at radius 3 is 2.58 bits per heavy atom. The summed E-state index contributed by atoms with van der Waals surface area (Å²) in [5, 5.41) is 10.1. The fourth-order valence-electron chi connectivity index (χ4n) is 3.49. The summed E-state index contributed by atoms with van der Waals surface area (Å²) >= 11 is 0. The maximum Gasteiger partial charge on any atom is 0.242 e. The molecule has 0 spiro atoms. The van der Waals surface area contributed by atoms with Crippen molar-refractivity contribution in [1.29, 1.82) is 5.26 Å². The van der Waals surface area contributed by atoms with E-state index in [1.54, 1.807) is 34.9 Å². The first-order chi connectivity index (χ1) is 14.2. The van der Waals surface area contributed by atoms with Crippen molar-refractivity contribution in [2.75, 3.05) is 20.6 Å². The monoisotopic (exact) mass is 462 g/mol. The third-order valence-electron chi connectivity index (χ3n) is 5.00. The number of fused-ring (bicyclic) bond motifs is 1. The van der Waals surface area contributed by atoms with Crippen LogP contribution in [0.25, 0.3) is 22.0 Å². The molecular formula is C22H24ClFN4O2S. The molecule has 9 heteroatoms. The molecule has 164 valence electrons. The van der Waals surface area contributed by atoms with Crippen molar-refractivity contribution >= 4 is 33.3 Å². The van der Waals surface area contributed by atoms with Crippen molar-refractivity contribution in [2.45, 2.75) is 18.4 Å². The average Bonchev–Trinajstić information content (AvgIpc) is 2.98. The smallest absolute Gasteiger partial charge is 0.242 e. The Labute approximate surface area is 187 Å². The minimum atomic E-state index is -3.61. The van der Waals surface area contributed by atoms with Gasteiger partial charge >= 0.3 is 0 Å². The van der Waals surface area contributed by atoms with E-state index in [0.29, 0.717) is 11.1 Å². The van der Waals surface area contributed by atoms with E-state index in [1.807, 2.05) is 13.0 Å². The Balaban J connectivity index is 0.00000341. The molecule has 3 rings (SSSR count). The number of halogens is 2. The second-order valence-corrected chi connectivity index (χ2v) is 9.24. The molecule has 2 aromatic carbocycles. The highest BCUT2D eigenvalue weighted by molar-refractivity contribution is 7.89. The van der Waals surface area contributed by atoms with E-state index in [-0.39, 0.29) is 36.2 Å². The van der Waals surface area contributed by atoms with Gasteiger partial charge in [0.05, 0.1) is 23.1 Å². The summed E-state index contributed by atoms with van der Waals surface area (Å²) in [6, 6.07) is 14.0. The molecule has 0 unspecified atom stereocenters. The van der Waals surface area contributed by atoms with Crippen LogP contribution in [0.1, 0.15) is 11.3 Å². The molecule has 3 aromatic rings. The molecular weight excluding hydrogens is 439 g/mol. The predicted molar refractivity (Wildman–Crippen MR) is 123 cm³/mol. The summed E-state index contributed by atoms with van der Waals surface area (Å²) < 4.78 is 42.4. The van der Waals surface area contributed by atoms with Crippen LogP contribution in [0, 0.1) is 18.3 Å². The average molecular weight is 463 g/mol. The normalized spacial score (nSPS) is 12.1. The lowest BCUT2D eigenvalue weighted by atomic mass is 10.0. The van der Waals surface area contributed by atoms with Crippen LogP contribution >= 0.6 is 12.4 Å². The molecule has 2 N–H and O–H groups in total. The van der Waals surface area contributed by atoms with Crippen LogP contribution in [-0.4, -0.2) is 37.9 Å². The van der Waals surface area contributed by atoms with E-state index >= 15 is 0 Å². The highest BCUT2D eigenvalue weighted by atomic mass is 35.5. The maximum absolute atomic E-state index is 14.3. The lowest BCUT2D eigenvalue weighted by Gasteiger charge is -2.13.